The number of benzene rings is 2. The number of aryl methyl sites for hydroxylation is 2. The Hall–Kier alpha value is -2.93. The molecule has 0 heterocycles. The Morgan fingerprint density at radius 3 is 2.37 bits per heavy atom. The molecule has 0 unspecified atom stereocenters. The van der Waals surface area contributed by atoms with Crippen LogP contribution in [0.3, 0.4) is 0 Å². The van der Waals surface area contributed by atoms with E-state index in [-0.39, 0.29) is 12.4 Å². The molecule has 0 saturated heterocycles. The van der Waals surface area contributed by atoms with Gasteiger partial charge in [0.15, 0.2) is 0 Å². The summed E-state index contributed by atoms with van der Waals surface area (Å²) in [6.45, 7) is 4.02. The zero-order valence-corrected chi connectivity index (χ0v) is 17.4. The van der Waals surface area contributed by atoms with E-state index in [1.807, 2.05) is 30.3 Å². The van der Waals surface area contributed by atoms with Crippen molar-refractivity contribution in [2.24, 2.45) is 5.92 Å². The van der Waals surface area contributed by atoms with Crippen LogP contribution in [0.15, 0.2) is 42.5 Å². The number of carbonyl (C=O) groups excluding carboxylic acids is 2. The molecule has 0 saturated carbocycles. The molecule has 30 heavy (non-hydrogen) atoms. The van der Waals surface area contributed by atoms with Crippen molar-refractivity contribution in [2.45, 2.75) is 46.1 Å². The Labute approximate surface area is 176 Å². The third-order valence-corrected chi connectivity index (χ3v) is 4.92. The van der Waals surface area contributed by atoms with Gasteiger partial charge in [0.25, 0.3) is 0 Å². The van der Waals surface area contributed by atoms with Crippen LogP contribution in [0.25, 0.3) is 0 Å². The number of rotatable bonds is 10. The molecule has 0 fully saturated rings. The molecule has 0 bridgehead atoms. The van der Waals surface area contributed by atoms with E-state index in [0.717, 1.165) is 11.1 Å². The summed E-state index contributed by atoms with van der Waals surface area (Å²) in [4.78, 5) is 23.8. The van der Waals surface area contributed by atoms with Gasteiger partial charge in [-0.25, -0.2) is 14.7 Å². The number of amides is 2. The Morgan fingerprint density at radius 2 is 1.73 bits per heavy atom. The normalized spacial score (nSPS) is 11.6. The van der Waals surface area contributed by atoms with Crippen molar-refractivity contribution < 1.29 is 23.9 Å². The van der Waals surface area contributed by atoms with Crippen molar-refractivity contribution in [3.63, 3.8) is 0 Å². The zero-order chi connectivity index (χ0) is 21.9. The summed E-state index contributed by atoms with van der Waals surface area (Å²) in [5, 5.41) is 11.7. The second-order valence-electron chi connectivity index (χ2n) is 7.40. The molecule has 0 aliphatic heterocycles. The van der Waals surface area contributed by atoms with E-state index in [9.17, 15) is 14.0 Å². The highest BCUT2D eigenvalue weighted by atomic mass is 19.1. The maximum Gasteiger partial charge on any atom is 0.407 e. The summed E-state index contributed by atoms with van der Waals surface area (Å²) >= 11 is 0. The zero-order valence-electron chi connectivity index (χ0n) is 17.4. The van der Waals surface area contributed by atoms with E-state index in [2.05, 4.69) is 5.32 Å². The van der Waals surface area contributed by atoms with Gasteiger partial charge < -0.3 is 10.1 Å². The van der Waals surface area contributed by atoms with Crippen LogP contribution in [-0.2, 0) is 22.6 Å². The summed E-state index contributed by atoms with van der Waals surface area (Å²) in [5.41, 5.74) is 4.55. The number of unbranched alkanes of at least 4 members (excludes halogenated alkanes) is 1. The lowest BCUT2D eigenvalue weighted by atomic mass is 9.92. The van der Waals surface area contributed by atoms with Crippen molar-refractivity contribution >= 4 is 12.0 Å². The SMILES string of the molecule is Cc1cc(C[C@H](CCCCNC(=O)OCc2ccccc2)C(=O)NO)cc(C)c1F. The number of ether oxygens (including phenoxy) is 1. The van der Waals surface area contributed by atoms with E-state index >= 15 is 0 Å². The first kappa shape index (κ1) is 23.3. The largest absolute Gasteiger partial charge is 0.445 e. The van der Waals surface area contributed by atoms with E-state index in [1.54, 1.807) is 31.5 Å². The van der Waals surface area contributed by atoms with E-state index in [0.29, 0.717) is 43.4 Å². The quantitative estimate of drug-likeness (QED) is 0.308. The summed E-state index contributed by atoms with van der Waals surface area (Å²) in [5.74, 6) is -1.15. The van der Waals surface area contributed by atoms with Crippen LogP contribution in [0.4, 0.5) is 9.18 Å². The van der Waals surface area contributed by atoms with Crippen LogP contribution in [0, 0.1) is 25.6 Å². The third kappa shape index (κ3) is 7.48. The van der Waals surface area contributed by atoms with Gasteiger partial charge in [0.1, 0.15) is 12.4 Å². The average molecular weight is 416 g/mol. The van der Waals surface area contributed by atoms with Gasteiger partial charge in [-0.3, -0.25) is 10.0 Å². The fourth-order valence-electron chi connectivity index (χ4n) is 3.34. The van der Waals surface area contributed by atoms with Gasteiger partial charge in [-0.1, -0.05) is 48.9 Å². The molecule has 2 aromatic carbocycles. The van der Waals surface area contributed by atoms with Crippen LogP contribution >= 0.6 is 0 Å². The minimum Gasteiger partial charge on any atom is -0.445 e. The van der Waals surface area contributed by atoms with Crippen LogP contribution in [0.5, 0.6) is 0 Å². The molecule has 0 aliphatic rings. The van der Waals surface area contributed by atoms with Crippen molar-refractivity contribution in [3.8, 4) is 0 Å². The van der Waals surface area contributed by atoms with Gasteiger partial charge in [0.05, 0.1) is 0 Å². The second-order valence-corrected chi connectivity index (χ2v) is 7.40. The number of halogens is 1. The topological polar surface area (TPSA) is 87.7 Å². The smallest absolute Gasteiger partial charge is 0.407 e. The van der Waals surface area contributed by atoms with Crippen LogP contribution in [0.2, 0.25) is 0 Å². The summed E-state index contributed by atoms with van der Waals surface area (Å²) in [6, 6.07) is 12.9. The fraction of sp³-hybridized carbons (Fsp3) is 0.391. The molecule has 7 heteroatoms. The van der Waals surface area contributed by atoms with Crippen molar-refractivity contribution in [2.75, 3.05) is 6.54 Å². The predicted molar refractivity (Wildman–Crippen MR) is 111 cm³/mol. The van der Waals surface area contributed by atoms with Gasteiger partial charge in [0.2, 0.25) is 5.91 Å². The third-order valence-electron chi connectivity index (χ3n) is 4.92. The van der Waals surface area contributed by atoms with E-state index < -0.39 is 17.9 Å². The standard InChI is InChI=1S/C23H29FN2O4/c1-16-12-19(13-17(2)21(16)24)14-20(22(27)26-29)10-6-7-11-25-23(28)30-15-18-8-4-3-5-9-18/h3-5,8-9,12-13,20,29H,6-7,10-11,14-15H2,1-2H3,(H,25,28)(H,26,27)/t20-/m0/s1. The first-order valence-electron chi connectivity index (χ1n) is 10.0. The van der Waals surface area contributed by atoms with Gasteiger partial charge in [0, 0.05) is 12.5 Å². The number of hydrogen-bond acceptors (Lipinski definition) is 4. The van der Waals surface area contributed by atoms with Gasteiger partial charge >= 0.3 is 6.09 Å². The molecule has 0 spiro atoms. The summed E-state index contributed by atoms with van der Waals surface area (Å²) < 4.78 is 19.0. The first-order valence-corrected chi connectivity index (χ1v) is 10.0. The van der Waals surface area contributed by atoms with Gasteiger partial charge in [-0.2, -0.15) is 0 Å². The Bertz CT molecular complexity index is 819. The number of hydroxylamine groups is 1. The Morgan fingerprint density at radius 1 is 1.07 bits per heavy atom. The molecule has 2 rings (SSSR count). The number of alkyl carbamates (subject to hydrolysis) is 1. The second kappa shape index (κ2) is 11.9. The molecular weight excluding hydrogens is 387 g/mol. The molecule has 6 nitrogen and oxygen atoms in total. The Balaban J connectivity index is 1.74. The molecule has 0 aromatic heterocycles. The Kier molecular flexibility index (Phi) is 9.28. The number of nitrogens with one attached hydrogen (secondary N) is 2. The molecule has 0 radical (unpaired) electrons. The highest BCUT2D eigenvalue weighted by Gasteiger charge is 2.19. The molecule has 162 valence electrons. The predicted octanol–water partition coefficient (Wildman–Crippen LogP) is 4.20. The molecule has 2 aromatic rings. The van der Waals surface area contributed by atoms with Crippen LogP contribution < -0.4 is 10.8 Å². The van der Waals surface area contributed by atoms with Crippen molar-refractivity contribution in [1.82, 2.24) is 10.8 Å². The molecule has 1 atom stereocenters. The van der Waals surface area contributed by atoms with Crippen molar-refractivity contribution in [1.29, 1.82) is 0 Å². The van der Waals surface area contributed by atoms with Gasteiger partial charge in [-0.15, -0.1) is 0 Å². The van der Waals surface area contributed by atoms with Gasteiger partial charge in [-0.05, 0) is 55.4 Å². The maximum atomic E-state index is 13.8. The molecule has 3 N–H and O–H groups in total. The summed E-state index contributed by atoms with van der Waals surface area (Å²) in [7, 11) is 0. The van der Waals surface area contributed by atoms with E-state index in [1.165, 1.54) is 0 Å². The molecule has 2 amide bonds. The lowest BCUT2D eigenvalue weighted by Gasteiger charge is -2.16. The van der Waals surface area contributed by atoms with Crippen molar-refractivity contribution in [3.05, 3.63) is 70.5 Å². The average Bonchev–Trinajstić information content (AvgIpc) is 2.75. The lowest BCUT2D eigenvalue weighted by molar-refractivity contribution is -0.133. The fourth-order valence-corrected chi connectivity index (χ4v) is 3.34. The first-order chi connectivity index (χ1) is 14.4. The lowest BCUT2D eigenvalue weighted by Crippen LogP contribution is -2.30. The highest BCUT2D eigenvalue weighted by Crippen LogP contribution is 2.20. The summed E-state index contributed by atoms with van der Waals surface area (Å²) in [6.07, 6.45) is 1.79. The molecular formula is C23H29FN2O4. The van der Waals surface area contributed by atoms with E-state index in [4.69, 9.17) is 9.94 Å². The number of carbonyl (C=O) groups is 2. The minimum absolute atomic E-state index is 0.210. The number of hydrogen-bond donors (Lipinski definition) is 3. The minimum atomic E-state index is -0.485. The monoisotopic (exact) mass is 416 g/mol. The van der Waals surface area contributed by atoms with Crippen LogP contribution in [0.1, 0.15) is 41.5 Å². The maximum absolute atomic E-state index is 13.8. The van der Waals surface area contributed by atoms with Crippen LogP contribution in [-0.4, -0.2) is 23.8 Å². The molecule has 0 aliphatic carbocycles. The highest BCUT2D eigenvalue weighted by molar-refractivity contribution is 5.77.